The molecule has 1 amide bonds. The second-order valence-corrected chi connectivity index (χ2v) is 3.63. The van der Waals surface area contributed by atoms with E-state index in [1.165, 1.54) is 4.90 Å². The van der Waals surface area contributed by atoms with Crippen molar-refractivity contribution in [2.24, 2.45) is 0 Å². The maximum atomic E-state index is 11.1. The molecule has 0 saturated heterocycles. The van der Waals surface area contributed by atoms with Gasteiger partial charge in [0.15, 0.2) is 0 Å². The highest BCUT2D eigenvalue weighted by Crippen LogP contribution is 2.12. The van der Waals surface area contributed by atoms with Crippen LogP contribution in [0.2, 0.25) is 0 Å². The first-order valence-electron chi connectivity index (χ1n) is 4.97. The summed E-state index contributed by atoms with van der Waals surface area (Å²) in [5, 5.41) is 9.07. The molecule has 0 saturated carbocycles. The fourth-order valence-electron chi connectivity index (χ4n) is 1.25. The van der Waals surface area contributed by atoms with Crippen LogP contribution >= 0.6 is 22.6 Å². The monoisotopic (exact) mass is 345 g/mol. The van der Waals surface area contributed by atoms with Crippen LogP contribution < -0.4 is 4.90 Å². The lowest BCUT2D eigenvalue weighted by atomic mass is 10.3. The van der Waals surface area contributed by atoms with Crippen molar-refractivity contribution in [3.8, 4) is 9.85 Å². The molecule has 0 aliphatic heterocycles. The molecule has 0 fully saturated rings. The van der Waals surface area contributed by atoms with Crippen LogP contribution in [0.25, 0.3) is 0 Å². The second-order valence-electron chi connectivity index (χ2n) is 3.09. The predicted octanol–water partition coefficient (Wildman–Crippen LogP) is 2.58. The van der Waals surface area contributed by atoms with Gasteiger partial charge in [-0.2, -0.15) is 0 Å². The molecule has 0 unspecified atom stereocenters. The van der Waals surface area contributed by atoms with Crippen LogP contribution in [-0.4, -0.2) is 31.0 Å². The Hall–Kier alpha value is -1.26. The van der Waals surface area contributed by atoms with E-state index >= 15 is 0 Å². The molecule has 0 aliphatic rings. The zero-order chi connectivity index (χ0) is 12.5. The number of rotatable bonds is 5. The van der Waals surface area contributed by atoms with Gasteiger partial charge in [0.1, 0.15) is 6.61 Å². The molecule has 1 aromatic rings. The van der Waals surface area contributed by atoms with Gasteiger partial charge in [0.2, 0.25) is 0 Å². The molecular formula is C12H12INO3. The number of nitrogens with zero attached hydrogens (tertiary/aromatic N) is 1. The van der Waals surface area contributed by atoms with E-state index in [0.29, 0.717) is 25.4 Å². The third kappa shape index (κ3) is 5.06. The van der Waals surface area contributed by atoms with Gasteiger partial charge in [0.25, 0.3) is 0 Å². The fourth-order valence-corrected chi connectivity index (χ4v) is 1.41. The smallest absolute Gasteiger partial charge is 0.411 e. The fraction of sp³-hybridized carbons (Fsp3) is 0.250. The van der Waals surface area contributed by atoms with Gasteiger partial charge >= 0.3 is 6.09 Å². The molecular weight excluding hydrogens is 333 g/mol. The molecule has 0 bridgehead atoms. The first-order chi connectivity index (χ1) is 8.25. The van der Waals surface area contributed by atoms with Gasteiger partial charge in [-0.3, -0.25) is 4.90 Å². The van der Waals surface area contributed by atoms with Crippen LogP contribution in [-0.2, 0) is 4.74 Å². The maximum Gasteiger partial charge on any atom is 0.411 e. The first kappa shape index (κ1) is 13.8. The van der Waals surface area contributed by atoms with Crippen molar-refractivity contribution in [2.75, 3.05) is 24.7 Å². The Morgan fingerprint density at radius 3 is 2.71 bits per heavy atom. The molecule has 1 rings (SSSR count). The van der Waals surface area contributed by atoms with Gasteiger partial charge in [-0.25, -0.2) is 4.79 Å². The quantitative estimate of drug-likeness (QED) is 0.507. The third-order valence-electron chi connectivity index (χ3n) is 2.00. The molecule has 0 radical (unpaired) electrons. The third-order valence-corrected chi connectivity index (χ3v) is 2.38. The van der Waals surface area contributed by atoms with E-state index < -0.39 is 6.09 Å². The molecule has 0 aromatic heterocycles. The van der Waals surface area contributed by atoms with Crippen molar-refractivity contribution in [1.29, 1.82) is 0 Å². The molecule has 90 valence electrons. The Morgan fingerprint density at radius 1 is 1.41 bits per heavy atom. The van der Waals surface area contributed by atoms with Crippen LogP contribution in [0.4, 0.5) is 10.5 Å². The summed E-state index contributed by atoms with van der Waals surface area (Å²) in [6.07, 6.45) is -0.986. The van der Waals surface area contributed by atoms with Gasteiger partial charge in [-0.1, -0.05) is 24.1 Å². The average Bonchev–Trinajstić information content (AvgIpc) is 2.34. The molecule has 0 atom stereocenters. The molecule has 1 N–H and O–H groups in total. The zero-order valence-electron chi connectivity index (χ0n) is 9.10. The Labute approximate surface area is 114 Å². The summed E-state index contributed by atoms with van der Waals surface area (Å²) in [4.78, 5) is 12.3. The largest absolute Gasteiger partial charge is 0.465 e. The first-order valence-corrected chi connectivity index (χ1v) is 6.05. The molecule has 5 heteroatoms. The number of carboxylic acid groups (broad SMARTS) is 1. The lowest BCUT2D eigenvalue weighted by Crippen LogP contribution is -2.32. The van der Waals surface area contributed by atoms with E-state index in [1.807, 2.05) is 28.7 Å². The van der Waals surface area contributed by atoms with Gasteiger partial charge in [-0.05, 0) is 16.1 Å². The van der Waals surface area contributed by atoms with Crippen molar-refractivity contribution in [3.63, 3.8) is 0 Å². The number of carbonyl (C=O) groups is 1. The Kier molecular flexibility index (Phi) is 6.43. The summed E-state index contributed by atoms with van der Waals surface area (Å²) in [5.74, 6) is 2.74. The summed E-state index contributed by atoms with van der Waals surface area (Å²) in [5.41, 5.74) is 0.642. The van der Waals surface area contributed by atoms with E-state index in [1.54, 1.807) is 24.3 Å². The number of benzene rings is 1. The van der Waals surface area contributed by atoms with E-state index in [-0.39, 0.29) is 0 Å². The number of para-hydroxylation sites is 1. The number of halogens is 1. The number of anilines is 1. The van der Waals surface area contributed by atoms with Crippen molar-refractivity contribution in [2.45, 2.75) is 0 Å². The molecule has 0 spiro atoms. The predicted molar refractivity (Wildman–Crippen MR) is 74.4 cm³/mol. The molecule has 1 aromatic carbocycles. The number of hydrogen-bond acceptors (Lipinski definition) is 2. The minimum absolute atomic E-state index is 0.294. The minimum Gasteiger partial charge on any atom is -0.465 e. The molecule has 4 nitrogen and oxygen atoms in total. The molecule has 0 aliphatic carbocycles. The topological polar surface area (TPSA) is 49.8 Å². The Balaban J connectivity index is 2.50. The van der Waals surface area contributed by atoms with Crippen LogP contribution in [0.5, 0.6) is 0 Å². The van der Waals surface area contributed by atoms with Crippen molar-refractivity contribution in [3.05, 3.63) is 30.3 Å². The van der Waals surface area contributed by atoms with Crippen molar-refractivity contribution >= 4 is 34.4 Å². The summed E-state index contributed by atoms with van der Waals surface area (Å²) in [6.45, 7) is 0.944. The van der Waals surface area contributed by atoms with Crippen LogP contribution in [0.3, 0.4) is 0 Å². The lowest BCUT2D eigenvalue weighted by molar-refractivity contribution is 0.167. The minimum atomic E-state index is -0.986. The van der Waals surface area contributed by atoms with E-state index in [0.717, 1.165) is 0 Å². The summed E-state index contributed by atoms with van der Waals surface area (Å²) < 4.78 is 7.87. The van der Waals surface area contributed by atoms with Gasteiger partial charge < -0.3 is 9.84 Å². The summed E-state index contributed by atoms with van der Waals surface area (Å²) in [6, 6.07) is 8.94. The lowest BCUT2D eigenvalue weighted by Gasteiger charge is -2.18. The van der Waals surface area contributed by atoms with Crippen LogP contribution in [0.1, 0.15) is 0 Å². The highest BCUT2D eigenvalue weighted by Gasteiger charge is 2.12. The standard InChI is InChI=1S/C12H12INO3/c13-7-4-9-17-10-8-14(12(15)16)11-5-2-1-3-6-11/h1-3,5-6H,8-10H2,(H,15,16). The van der Waals surface area contributed by atoms with E-state index in [4.69, 9.17) is 9.84 Å². The molecule has 0 heterocycles. The van der Waals surface area contributed by atoms with E-state index in [9.17, 15) is 4.79 Å². The number of amides is 1. The van der Waals surface area contributed by atoms with Crippen molar-refractivity contribution in [1.82, 2.24) is 0 Å². The Morgan fingerprint density at radius 2 is 2.12 bits per heavy atom. The normalized spacial score (nSPS) is 9.24. The van der Waals surface area contributed by atoms with Gasteiger partial charge in [0.05, 0.1) is 13.2 Å². The van der Waals surface area contributed by atoms with Gasteiger partial charge in [0, 0.05) is 28.3 Å². The SMILES string of the molecule is O=C(O)N(CCOCC#CI)c1ccccc1. The summed E-state index contributed by atoms with van der Waals surface area (Å²) in [7, 11) is 0. The Bertz CT molecular complexity index is 411. The number of hydrogen-bond donors (Lipinski definition) is 1. The zero-order valence-corrected chi connectivity index (χ0v) is 11.3. The summed E-state index contributed by atoms with van der Waals surface area (Å²) >= 11 is 1.93. The highest BCUT2D eigenvalue weighted by atomic mass is 127. The number of ether oxygens (including phenoxy) is 1. The van der Waals surface area contributed by atoms with Crippen LogP contribution in [0.15, 0.2) is 30.3 Å². The second kappa shape index (κ2) is 7.92. The maximum absolute atomic E-state index is 11.1. The molecule has 17 heavy (non-hydrogen) atoms. The van der Waals surface area contributed by atoms with E-state index in [2.05, 4.69) is 9.85 Å². The highest BCUT2D eigenvalue weighted by molar-refractivity contribution is 14.1. The van der Waals surface area contributed by atoms with Crippen molar-refractivity contribution < 1.29 is 14.6 Å². The van der Waals surface area contributed by atoms with Gasteiger partial charge in [-0.15, -0.1) is 0 Å². The average molecular weight is 345 g/mol. The van der Waals surface area contributed by atoms with Crippen LogP contribution in [0, 0.1) is 9.85 Å².